The molecule has 2 rings (SSSR count). The van der Waals surface area contributed by atoms with Crippen LogP contribution in [0.3, 0.4) is 0 Å². The van der Waals surface area contributed by atoms with Crippen molar-refractivity contribution in [1.29, 1.82) is 0 Å². The first-order valence-corrected chi connectivity index (χ1v) is 5.45. The Morgan fingerprint density at radius 1 is 1.47 bits per heavy atom. The summed E-state index contributed by atoms with van der Waals surface area (Å²) < 4.78 is 2.69. The number of aromatic nitrogens is 2. The zero-order valence-corrected chi connectivity index (χ0v) is 9.91. The van der Waals surface area contributed by atoms with Gasteiger partial charge in [0.05, 0.1) is 6.54 Å². The Hall–Kier alpha value is -1.29. The molecule has 0 bridgehead atoms. The van der Waals surface area contributed by atoms with E-state index in [4.69, 9.17) is 0 Å². The fraction of sp³-hybridized carbons (Fsp3) is 0.182. The smallest absolute Gasteiger partial charge is 0.310 e. The van der Waals surface area contributed by atoms with Crippen LogP contribution in [-0.4, -0.2) is 9.55 Å². The fourth-order valence-corrected chi connectivity index (χ4v) is 1.96. The van der Waals surface area contributed by atoms with E-state index in [2.05, 4.69) is 20.9 Å². The van der Waals surface area contributed by atoms with E-state index in [-0.39, 0.29) is 5.69 Å². The van der Waals surface area contributed by atoms with E-state index in [0.29, 0.717) is 6.54 Å². The highest BCUT2D eigenvalue weighted by Crippen LogP contribution is 2.12. The van der Waals surface area contributed by atoms with Crippen LogP contribution in [0.4, 0.5) is 0 Å². The first-order valence-electron chi connectivity index (χ1n) is 4.65. The van der Waals surface area contributed by atoms with E-state index < -0.39 is 0 Å². The van der Waals surface area contributed by atoms with Crippen molar-refractivity contribution in [1.82, 2.24) is 9.55 Å². The minimum Gasteiger partial charge on any atom is -0.310 e. The molecule has 78 valence electrons. The van der Waals surface area contributed by atoms with E-state index in [1.54, 1.807) is 4.57 Å². The number of imidazole rings is 1. The molecule has 0 radical (unpaired) electrons. The third kappa shape index (κ3) is 2.39. The van der Waals surface area contributed by atoms with Crippen molar-refractivity contribution in [3.63, 3.8) is 0 Å². The van der Waals surface area contributed by atoms with Crippen LogP contribution in [0.2, 0.25) is 0 Å². The van der Waals surface area contributed by atoms with E-state index in [1.165, 1.54) is 0 Å². The molecule has 0 saturated carbocycles. The van der Waals surface area contributed by atoms with Crippen LogP contribution in [0.1, 0.15) is 11.3 Å². The second-order valence-electron chi connectivity index (χ2n) is 3.50. The van der Waals surface area contributed by atoms with Gasteiger partial charge in [0, 0.05) is 16.4 Å². The lowest BCUT2D eigenvalue weighted by molar-refractivity contribution is 0.761. The molecule has 1 aromatic carbocycles. The van der Waals surface area contributed by atoms with Gasteiger partial charge < -0.3 is 4.98 Å². The zero-order valence-electron chi connectivity index (χ0n) is 8.33. The molecule has 0 fully saturated rings. The van der Waals surface area contributed by atoms with E-state index >= 15 is 0 Å². The van der Waals surface area contributed by atoms with E-state index in [0.717, 1.165) is 15.7 Å². The number of rotatable bonds is 2. The number of hydrogen-bond donors (Lipinski definition) is 1. The average Bonchev–Trinajstić information content (AvgIpc) is 2.45. The van der Waals surface area contributed by atoms with Gasteiger partial charge in [-0.2, -0.15) is 0 Å². The summed E-state index contributed by atoms with van der Waals surface area (Å²) in [6.07, 6.45) is 1.82. The molecule has 2 aromatic rings. The van der Waals surface area contributed by atoms with Crippen molar-refractivity contribution in [3.8, 4) is 0 Å². The molecular formula is C11H11BrN2O. The first kappa shape index (κ1) is 10.2. The van der Waals surface area contributed by atoms with Crippen molar-refractivity contribution < 1.29 is 0 Å². The quantitative estimate of drug-likeness (QED) is 0.890. The number of benzene rings is 1. The number of nitrogens with zero attached hydrogens (tertiary/aromatic N) is 1. The number of aromatic amines is 1. The van der Waals surface area contributed by atoms with Crippen molar-refractivity contribution >= 4 is 15.9 Å². The Balaban J connectivity index is 2.29. The number of aryl methyl sites for hydroxylation is 1. The monoisotopic (exact) mass is 266 g/mol. The highest BCUT2D eigenvalue weighted by molar-refractivity contribution is 9.10. The molecule has 0 aliphatic rings. The Kier molecular flexibility index (Phi) is 2.77. The minimum atomic E-state index is -0.0625. The normalized spacial score (nSPS) is 10.5. The standard InChI is InChI=1S/C11H11BrN2O/c1-8-6-14(11(15)13-8)7-9-3-2-4-10(12)5-9/h2-6H,7H2,1H3,(H,13,15). The molecule has 15 heavy (non-hydrogen) atoms. The highest BCUT2D eigenvalue weighted by atomic mass is 79.9. The molecule has 1 aromatic heterocycles. The predicted molar refractivity (Wildman–Crippen MR) is 63.0 cm³/mol. The number of halogens is 1. The molecule has 0 atom stereocenters. The third-order valence-electron chi connectivity index (χ3n) is 2.16. The van der Waals surface area contributed by atoms with Gasteiger partial charge in [-0.15, -0.1) is 0 Å². The Morgan fingerprint density at radius 3 is 2.87 bits per heavy atom. The lowest BCUT2D eigenvalue weighted by Gasteiger charge is -2.01. The van der Waals surface area contributed by atoms with Crippen molar-refractivity contribution in [2.24, 2.45) is 0 Å². The summed E-state index contributed by atoms with van der Waals surface area (Å²) in [5.74, 6) is 0. The Bertz CT molecular complexity index is 527. The number of nitrogens with one attached hydrogen (secondary N) is 1. The van der Waals surface area contributed by atoms with Crippen molar-refractivity contribution in [3.05, 3.63) is 56.7 Å². The van der Waals surface area contributed by atoms with Gasteiger partial charge >= 0.3 is 5.69 Å². The van der Waals surface area contributed by atoms with Gasteiger partial charge in [0.1, 0.15) is 0 Å². The van der Waals surface area contributed by atoms with E-state index in [1.807, 2.05) is 37.4 Å². The molecule has 1 N–H and O–H groups in total. The summed E-state index contributed by atoms with van der Waals surface area (Å²) in [7, 11) is 0. The molecule has 4 heteroatoms. The SMILES string of the molecule is Cc1cn(Cc2cccc(Br)c2)c(=O)[nH]1. The largest absolute Gasteiger partial charge is 0.326 e. The maximum atomic E-state index is 11.4. The Morgan fingerprint density at radius 2 is 2.27 bits per heavy atom. The summed E-state index contributed by atoms with van der Waals surface area (Å²) in [5.41, 5.74) is 1.92. The van der Waals surface area contributed by atoms with Gasteiger partial charge in [0.25, 0.3) is 0 Å². The van der Waals surface area contributed by atoms with Gasteiger partial charge in [-0.1, -0.05) is 28.1 Å². The van der Waals surface area contributed by atoms with Crippen LogP contribution >= 0.6 is 15.9 Å². The van der Waals surface area contributed by atoms with Crippen molar-refractivity contribution in [2.75, 3.05) is 0 Å². The molecule has 0 spiro atoms. The second kappa shape index (κ2) is 4.06. The molecule has 0 aliphatic heterocycles. The zero-order chi connectivity index (χ0) is 10.8. The van der Waals surface area contributed by atoms with Crippen LogP contribution in [0, 0.1) is 6.92 Å². The van der Waals surface area contributed by atoms with Crippen LogP contribution in [0.5, 0.6) is 0 Å². The molecule has 0 amide bonds. The summed E-state index contributed by atoms with van der Waals surface area (Å²) in [6.45, 7) is 2.47. The minimum absolute atomic E-state index is 0.0625. The summed E-state index contributed by atoms with van der Waals surface area (Å²) in [5, 5.41) is 0. The van der Waals surface area contributed by atoms with Crippen molar-refractivity contribution in [2.45, 2.75) is 13.5 Å². The second-order valence-corrected chi connectivity index (χ2v) is 4.42. The summed E-state index contributed by atoms with van der Waals surface area (Å²) >= 11 is 3.40. The molecule has 0 aliphatic carbocycles. The van der Waals surface area contributed by atoms with Crippen LogP contribution in [-0.2, 0) is 6.54 Å². The van der Waals surface area contributed by atoms with Gasteiger partial charge in [0.15, 0.2) is 0 Å². The summed E-state index contributed by atoms with van der Waals surface area (Å²) in [6, 6.07) is 7.94. The molecular weight excluding hydrogens is 256 g/mol. The maximum absolute atomic E-state index is 11.4. The molecule has 0 saturated heterocycles. The highest BCUT2D eigenvalue weighted by Gasteiger charge is 2.00. The van der Waals surface area contributed by atoms with Crippen LogP contribution < -0.4 is 5.69 Å². The number of H-pyrrole nitrogens is 1. The van der Waals surface area contributed by atoms with E-state index in [9.17, 15) is 4.79 Å². The first-order chi connectivity index (χ1) is 7.15. The molecule has 0 unspecified atom stereocenters. The Labute approximate surface area is 95.9 Å². The van der Waals surface area contributed by atoms with Crippen LogP contribution in [0.15, 0.2) is 39.7 Å². The fourth-order valence-electron chi connectivity index (χ4n) is 1.51. The van der Waals surface area contributed by atoms with Gasteiger partial charge in [-0.05, 0) is 24.6 Å². The maximum Gasteiger partial charge on any atom is 0.326 e. The lowest BCUT2D eigenvalue weighted by atomic mass is 10.2. The topological polar surface area (TPSA) is 37.8 Å². The predicted octanol–water partition coefficient (Wildman–Crippen LogP) is 2.30. The summed E-state index contributed by atoms with van der Waals surface area (Å²) in [4.78, 5) is 14.2. The van der Waals surface area contributed by atoms with Crippen LogP contribution in [0.25, 0.3) is 0 Å². The van der Waals surface area contributed by atoms with Gasteiger partial charge in [0.2, 0.25) is 0 Å². The molecule has 1 heterocycles. The number of hydrogen-bond acceptors (Lipinski definition) is 1. The molecule has 3 nitrogen and oxygen atoms in total. The average molecular weight is 267 g/mol. The van der Waals surface area contributed by atoms with Gasteiger partial charge in [-0.25, -0.2) is 4.79 Å². The lowest BCUT2D eigenvalue weighted by Crippen LogP contribution is -2.16. The van der Waals surface area contributed by atoms with Gasteiger partial charge in [-0.3, -0.25) is 4.57 Å². The third-order valence-corrected chi connectivity index (χ3v) is 2.65.